The molecule has 9 heteroatoms. The number of aliphatic hydroxyl groups excluding tert-OH is 1. The lowest BCUT2D eigenvalue weighted by Crippen LogP contribution is -2.14. The largest absolute Gasteiger partial charge is 0.496 e. The summed E-state index contributed by atoms with van der Waals surface area (Å²) in [6.45, 7) is -0.301. The fraction of sp³-hybridized carbons (Fsp3) is 0.130. The number of hydrogen-bond donors (Lipinski definition) is 2. The van der Waals surface area contributed by atoms with E-state index in [4.69, 9.17) is 4.74 Å². The number of para-hydroxylation sites is 1. The van der Waals surface area contributed by atoms with E-state index in [1.54, 1.807) is 30.3 Å². The van der Waals surface area contributed by atoms with Crippen molar-refractivity contribution in [2.45, 2.75) is 12.8 Å². The number of carbonyl (C=O) groups is 1. The molecule has 0 spiro atoms. The van der Waals surface area contributed by atoms with E-state index in [0.717, 1.165) is 4.57 Å². The monoisotopic (exact) mass is 441 g/mol. The summed E-state index contributed by atoms with van der Waals surface area (Å²) in [5, 5.41) is 12.0. The van der Waals surface area contributed by atoms with Crippen LogP contribution in [-0.2, 0) is 12.8 Å². The van der Waals surface area contributed by atoms with Crippen molar-refractivity contribution in [3.8, 4) is 11.4 Å². The summed E-state index contributed by atoms with van der Waals surface area (Å²) in [5.41, 5.74) is 1.80. The molecule has 0 radical (unpaired) electrons. The number of fused-ring (bicyclic) bond motifs is 1. The van der Waals surface area contributed by atoms with Gasteiger partial charge in [0.05, 0.1) is 30.3 Å². The van der Waals surface area contributed by atoms with E-state index in [1.165, 1.54) is 43.5 Å². The highest BCUT2D eigenvalue weighted by molar-refractivity contribution is 6.06. The Morgan fingerprint density at radius 2 is 1.81 bits per heavy atom. The Labute approximate surface area is 180 Å². The Morgan fingerprint density at radius 3 is 2.47 bits per heavy atom. The van der Waals surface area contributed by atoms with Gasteiger partial charge in [-0.15, -0.1) is 0 Å². The number of aliphatic hydroxyl groups is 1. The summed E-state index contributed by atoms with van der Waals surface area (Å²) in [5.74, 6) is -1.08. The molecule has 3 aromatic carbocycles. The summed E-state index contributed by atoms with van der Waals surface area (Å²) in [4.78, 5) is 16.3. The van der Waals surface area contributed by atoms with Crippen LogP contribution in [0.15, 0.2) is 66.7 Å². The van der Waals surface area contributed by atoms with Crippen molar-refractivity contribution < 1.29 is 27.8 Å². The Bertz CT molecular complexity index is 1280. The van der Waals surface area contributed by atoms with E-state index in [1.807, 2.05) is 0 Å². The number of carbonyl (C=O) groups excluding carboxylic acids is 1. The minimum absolute atomic E-state index is 0.123. The molecule has 0 aliphatic rings. The molecule has 164 valence electrons. The van der Waals surface area contributed by atoms with Gasteiger partial charge in [0.15, 0.2) is 0 Å². The molecular weight excluding hydrogens is 423 g/mol. The van der Waals surface area contributed by atoms with Crippen LogP contribution in [0.2, 0.25) is 0 Å². The maximum absolute atomic E-state index is 13.7. The fourth-order valence-electron chi connectivity index (χ4n) is 3.40. The number of aromatic nitrogens is 2. The minimum Gasteiger partial charge on any atom is -0.496 e. The Balaban J connectivity index is 1.69. The second-order valence-corrected chi connectivity index (χ2v) is 6.95. The van der Waals surface area contributed by atoms with Gasteiger partial charge in [0.25, 0.3) is 5.91 Å². The first-order valence-electron chi connectivity index (χ1n) is 9.56. The maximum Gasteiger partial charge on any atom is 0.450 e. The van der Waals surface area contributed by atoms with Crippen LogP contribution in [0, 0.1) is 0 Å². The molecule has 0 unspecified atom stereocenters. The number of methoxy groups -OCH3 is 1. The molecule has 1 heterocycles. The fourth-order valence-corrected chi connectivity index (χ4v) is 3.40. The van der Waals surface area contributed by atoms with E-state index < -0.39 is 17.9 Å². The quantitative estimate of drug-likeness (QED) is 0.467. The number of benzene rings is 3. The number of imidazole rings is 1. The SMILES string of the molecule is COc1ccccc1C(=O)Nc1ccc(-n2c(C(F)(F)F)nc3cc(CO)ccc32)cc1. The molecule has 0 saturated carbocycles. The zero-order chi connectivity index (χ0) is 22.9. The molecule has 4 rings (SSSR count). The lowest BCUT2D eigenvalue weighted by molar-refractivity contribution is -0.145. The highest BCUT2D eigenvalue weighted by Gasteiger charge is 2.38. The van der Waals surface area contributed by atoms with E-state index in [2.05, 4.69) is 10.3 Å². The molecule has 0 saturated heterocycles. The summed E-state index contributed by atoms with van der Waals surface area (Å²) in [6.07, 6.45) is -4.69. The number of anilines is 1. The molecule has 6 nitrogen and oxygen atoms in total. The van der Waals surface area contributed by atoms with E-state index in [-0.39, 0.29) is 23.3 Å². The number of nitrogens with one attached hydrogen (secondary N) is 1. The van der Waals surface area contributed by atoms with Gasteiger partial charge in [0.2, 0.25) is 5.82 Å². The third kappa shape index (κ3) is 4.02. The molecule has 0 atom stereocenters. The van der Waals surface area contributed by atoms with Crippen LogP contribution in [0.1, 0.15) is 21.7 Å². The van der Waals surface area contributed by atoms with Gasteiger partial charge < -0.3 is 15.2 Å². The first-order valence-corrected chi connectivity index (χ1v) is 9.56. The molecule has 1 aromatic heterocycles. The van der Waals surface area contributed by atoms with Crippen molar-refractivity contribution >= 4 is 22.6 Å². The Kier molecular flexibility index (Phi) is 5.58. The van der Waals surface area contributed by atoms with Gasteiger partial charge in [-0.2, -0.15) is 13.2 Å². The highest BCUT2D eigenvalue weighted by Crippen LogP contribution is 2.34. The van der Waals surface area contributed by atoms with Crippen LogP contribution in [0.5, 0.6) is 5.75 Å². The van der Waals surface area contributed by atoms with Crippen LogP contribution in [-0.4, -0.2) is 27.7 Å². The summed E-state index contributed by atoms with van der Waals surface area (Å²) >= 11 is 0. The lowest BCUT2D eigenvalue weighted by atomic mass is 10.1. The van der Waals surface area contributed by atoms with Gasteiger partial charge in [0, 0.05) is 11.4 Å². The second-order valence-electron chi connectivity index (χ2n) is 6.95. The van der Waals surface area contributed by atoms with Gasteiger partial charge in [-0.05, 0) is 54.1 Å². The van der Waals surface area contributed by atoms with Gasteiger partial charge in [-0.3, -0.25) is 9.36 Å². The zero-order valence-electron chi connectivity index (χ0n) is 16.8. The molecule has 1 amide bonds. The van der Waals surface area contributed by atoms with Gasteiger partial charge in [0.1, 0.15) is 5.75 Å². The molecular formula is C23H18F3N3O3. The van der Waals surface area contributed by atoms with Crippen LogP contribution >= 0.6 is 0 Å². The van der Waals surface area contributed by atoms with Crippen molar-refractivity contribution in [1.29, 1.82) is 0 Å². The summed E-state index contributed by atoms with van der Waals surface area (Å²) in [7, 11) is 1.46. The van der Waals surface area contributed by atoms with Crippen molar-refractivity contribution in [3.05, 3.63) is 83.7 Å². The van der Waals surface area contributed by atoms with E-state index >= 15 is 0 Å². The first kappa shape index (κ1) is 21.4. The zero-order valence-corrected chi connectivity index (χ0v) is 16.8. The Hall–Kier alpha value is -3.85. The molecule has 0 aliphatic carbocycles. The minimum atomic E-state index is -4.69. The molecule has 0 bridgehead atoms. The predicted molar refractivity (Wildman–Crippen MR) is 113 cm³/mol. The van der Waals surface area contributed by atoms with E-state index in [0.29, 0.717) is 22.6 Å². The lowest BCUT2D eigenvalue weighted by Gasteiger charge is -2.13. The van der Waals surface area contributed by atoms with E-state index in [9.17, 15) is 23.1 Å². The number of rotatable bonds is 5. The van der Waals surface area contributed by atoms with Crippen molar-refractivity contribution in [3.63, 3.8) is 0 Å². The average molecular weight is 441 g/mol. The van der Waals surface area contributed by atoms with Crippen LogP contribution in [0.4, 0.5) is 18.9 Å². The number of alkyl halides is 3. The third-order valence-corrected chi connectivity index (χ3v) is 4.89. The van der Waals surface area contributed by atoms with Crippen LogP contribution in [0.25, 0.3) is 16.7 Å². The topological polar surface area (TPSA) is 76.4 Å². The number of ether oxygens (including phenoxy) is 1. The number of halogens is 3. The first-order chi connectivity index (χ1) is 15.3. The van der Waals surface area contributed by atoms with Crippen molar-refractivity contribution in [1.82, 2.24) is 9.55 Å². The molecule has 0 aliphatic heterocycles. The third-order valence-electron chi connectivity index (χ3n) is 4.89. The molecule has 4 aromatic rings. The van der Waals surface area contributed by atoms with Gasteiger partial charge >= 0.3 is 6.18 Å². The van der Waals surface area contributed by atoms with Crippen LogP contribution < -0.4 is 10.1 Å². The highest BCUT2D eigenvalue weighted by atomic mass is 19.4. The van der Waals surface area contributed by atoms with Gasteiger partial charge in [-0.25, -0.2) is 4.98 Å². The van der Waals surface area contributed by atoms with Crippen molar-refractivity contribution in [2.24, 2.45) is 0 Å². The molecule has 2 N–H and O–H groups in total. The average Bonchev–Trinajstić information content (AvgIpc) is 3.18. The summed E-state index contributed by atoms with van der Waals surface area (Å²) in [6, 6.07) is 17.1. The molecule has 0 fully saturated rings. The van der Waals surface area contributed by atoms with Crippen molar-refractivity contribution in [2.75, 3.05) is 12.4 Å². The van der Waals surface area contributed by atoms with Crippen LogP contribution in [0.3, 0.4) is 0 Å². The number of amides is 1. The smallest absolute Gasteiger partial charge is 0.450 e. The second kappa shape index (κ2) is 8.35. The number of nitrogens with zero attached hydrogens (tertiary/aromatic N) is 2. The number of hydrogen-bond acceptors (Lipinski definition) is 4. The normalized spacial score (nSPS) is 11.5. The summed E-state index contributed by atoms with van der Waals surface area (Å²) < 4.78 is 47.2. The maximum atomic E-state index is 13.7. The predicted octanol–water partition coefficient (Wildman–Crippen LogP) is 4.80. The molecule has 32 heavy (non-hydrogen) atoms. The standard InChI is InChI=1S/C23H18F3N3O3/c1-32-20-5-3-2-4-17(20)21(31)27-15-7-9-16(10-8-15)29-19-11-6-14(13-30)12-18(19)28-22(29)23(24,25)26/h2-12,30H,13H2,1H3,(H,27,31). The van der Waals surface area contributed by atoms with Gasteiger partial charge in [-0.1, -0.05) is 18.2 Å². The Morgan fingerprint density at radius 1 is 1.09 bits per heavy atom.